The van der Waals surface area contributed by atoms with Crippen molar-refractivity contribution < 1.29 is 4.74 Å². The molecule has 0 unspecified atom stereocenters. The van der Waals surface area contributed by atoms with Gasteiger partial charge in [-0.3, -0.25) is 0 Å². The largest absolute Gasteiger partial charge is 0.492 e. The number of hydrogen-bond donors (Lipinski definition) is 0. The summed E-state index contributed by atoms with van der Waals surface area (Å²) in [6, 6.07) is 9.88. The molecule has 3 heteroatoms. The Balaban J connectivity index is 0.000000462. The summed E-state index contributed by atoms with van der Waals surface area (Å²) in [5.74, 6) is 0.944. The molecule has 0 amide bonds. The maximum Gasteiger partial charge on any atom is 0.119 e. The SMILES string of the molecule is CCCCCCCCCCCCBr.CN(C)CCOc1ccccc1. The van der Waals surface area contributed by atoms with Gasteiger partial charge in [-0.05, 0) is 32.6 Å². The van der Waals surface area contributed by atoms with Crippen LogP contribution in [0.4, 0.5) is 0 Å². The van der Waals surface area contributed by atoms with E-state index in [1.54, 1.807) is 0 Å². The van der Waals surface area contributed by atoms with Gasteiger partial charge in [0.2, 0.25) is 0 Å². The van der Waals surface area contributed by atoms with E-state index in [1.165, 1.54) is 69.5 Å². The lowest BCUT2D eigenvalue weighted by Gasteiger charge is -2.10. The first-order valence-electron chi connectivity index (χ1n) is 10.1. The number of rotatable bonds is 14. The molecule has 0 aliphatic rings. The number of benzene rings is 1. The maximum absolute atomic E-state index is 5.48. The zero-order valence-corrected chi connectivity index (χ0v) is 18.4. The molecular weight excluding hydrogens is 374 g/mol. The number of ether oxygens (including phenoxy) is 1. The van der Waals surface area contributed by atoms with E-state index in [-0.39, 0.29) is 0 Å². The van der Waals surface area contributed by atoms with Gasteiger partial charge in [0.05, 0.1) is 0 Å². The van der Waals surface area contributed by atoms with E-state index in [0.29, 0.717) is 0 Å². The third-order valence-electron chi connectivity index (χ3n) is 4.04. The van der Waals surface area contributed by atoms with Gasteiger partial charge in [0, 0.05) is 11.9 Å². The molecular formula is C22H40BrNO. The molecule has 0 aliphatic heterocycles. The minimum Gasteiger partial charge on any atom is -0.492 e. The van der Waals surface area contributed by atoms with Gasteiger partial charge in [-0.15, -0.1) is 0 Å². The molecule has 2 nitrogen and oxygen atoms in total. The number of halogens is 1. The van der Waals surface area contributed by atoms with Crippen molar-refractivity contribution in [3.8, 4) is 5.75 Å². The van der Waals surface area contributed by atoms with E-state index >= 15 is 0 Å². The second-order valence-electron chi connectivity index (χ2n) is 6.84. The fourth-order valence-electron chi connectivity index (χ4n) is 2.44. The second kappa shape index (κ2) is 19.8. The summed E-state index contributed by atoms with van der Waals surface area (Å²) in [6.07, 6.45) is 14.3. The summed E-state index contributed by atoms with van der Waals surface area (Å²) < 4.78 is 5.48. The van der Waals surface area contributed by atoms with Gasteiger partial charge >= 0.3 is 0 Å². The van der Waals surface area contributed by atoms with Crippen molar-refractivity contribution in [1.82, 2.24) is 4.90 Å². The maximum atomic E-state index is 5.48. The molecule has 0 spiro atoms. The van der Waals surface area contributed by atoms with Crippen LogP contribution in [0.2, 0.25) is 0 Å². The average molecular weight is 414 g/mol. The van der Waals surface area contributed by atoms with Crippen LogP contribution in [0.1, 0.15) is 71.1 Å². The number of nitrogens with zero attached hydrogens (tertiary/aromatic N) is 1. The van der Waals surface area contributed by atoms with Crippen molar-refractivity contribution in [1.29, 1.82) is 0 Å². The molecule has 0 saturated heterocycles. The van der Waals surface area contributed by atoms with Gasteiger partial charge in [0.1, 0.15) is 12.4 Å². The van der Waals surface area contributed by atoms with Crippen LogP contribution < -0.4 is 4.74 Å². The van der Waals surface area contributed by atoms with E-state index in [0.717, 1.165) is 18.9 Å². The molecule has 0 aromatic heterocycles. The minimum absolute atomic E-state index is 0.747. The van der Waals surface area contributed by atoms with Crippen LogP contribution in [-0.4, -0.2) is 37.5 Å². The van der Waals surface area contributed by atoms with Crippen LogP contribution in [-0.2, 0) is 0 Å². The molecule has 1 rings (SSSR count). The van der Waals surface area contributed by atoms with Crippen molar-refractivity contribution >= 4 is 15.9 Å². The van der Waals surface area contributed by atoms with Gasteiger partial charge in [0.15, 0.2) is 0 Å². The Morgan fingerprint density at radius 1 is 0.800 bits per heavy atom. The minimum atomic E-state index is 0.747. The molecule has 146 valence electrons. The van der Waals surface area contributed by atoms with Crippen molar-refractivity contribution in [3.63, 3.8) is 0 Å². The van der Waals surface area contributed by atoms with Crippen LogP contribution in [0, 0.1) is 0 Å². The topological polar surface area (TPSA) is 12.5 Å². The summed E-state index contributed by atoms with van der Waals surface area (Å²) in [5, 5.41) is 1.18. The van der Waals surface area contributed by atoms with Crippen molar-refractivity contribution in [2.45, 2.75) is 71.1 Å². The van der Waals surface area contributed by atoms with Crippen molar-refractivity contribution in [2.24, 2.45) is 0 Å². The Bertz CT molecular complexity index is 346. The van der Waals surface area contributed by atoms with Gasteiger partial charge in [0.25, 0.3) is 0 Å². The predicted octanol–water partition coefficient (Wildman–Crippen LogP) is 6.93. The van der Waals surface area contributed by atoms with Gasteiger partial charge < -0.3 is 9.64 Å². The standard InChI is InChI=1S/C12H25Br.C10H15NO/c1-2-3-4-5-6-7-8-9-10-11-12-13;1-11(2)8-9-12-10-6-4-3-5-7-10/h2-12H2,1H3;3-7H,8-9H2,1-2H3. The highest BCUT2D eigenvalue weighted by Gasteiger charge is 1.92. The van der Waals surface area contributed by atoms with E-state index in [1.807, 2.05) is 44.4 Å². The second-order valence-corrected chi connectivity index (χ2v) is 7.63. The smallest absolute Gasteiger partial charge is 0.119 e. The van der Waals surface area contributed by atoms with E-state index in [9.17, 15) is 0 Å². The van der Waals surface area contributed by atoms with Gasteiger partial charge in [-0.2, -0.15) is 0 Å². The highest BCUT2D eigenvalue weighted by atomic mass is 79.9. The average Bonchev–Trinajstić information content (AvgIpc) is 2.62. The molecule has 25 heavy (non-hydrogen) atoms. The zero-order valence-electron chi connectivity index (χ0n) is 16.8. The van der Waals surface area contributed by atoms with E-state index < -0.39 is 0 Å². The Morgan fingerprint density at radius 2 is 1.32 bits per heavy atom. The monoisotopic (exact) mass is 413 g/mol. The molecule has 0 atom stereocenters. The first-order valence-corrected chi connectivity index (χ1v) is 11.2. The molecule has 1 aromatic rings. The van der Waals surface area contributed by atoms with Crippen LogP contribution in [0.5, 0.6) is 5.75 Å². The fourth-order valence-corrected chi connectivity index (χ4v) is 2.84. The number of alkyl halides is 1. The summed E-state index contributed by atoms with van der Waals surface area (Å²) in [7, 11) is 4.07. The third kappa shape index (κ3) is 19.6. The normalized spacial score (nSPS) is 10.4. The number of para-hydroxylation sites is 1. The number of likely N-dealkylation sites (N-methyl/N-ethyl adjacent to an activating group) is 1. The van der Waals surface area contributed by atoms with Crippen LogP contribution >= 0.6 is 15.9 Å². The fraction of sp³-hybridized carbons (Fsp3) is 0.727. The lowest BCUT2D eigenvalue weighted by atomic mass is 10.1. The Labute approximate surface area is 165 Å². The van der Waals surface area contributed by atoms with Crippen LogP contribution in [0.25, 0.3) is 0 Å². The van der Waals surface area contributed by atoms with Gasteiger partial charge in [-0.1, -0.05) is 98.8 Å². The molecule has 0 N–H and O–H groups in total. The highest BCUT2D eigenvalue weighted by Crippen LogP contribution is 2.10. The Kier molecular flexibility index (Phi) is 19.4. The van der Waals surface area contributed by atoms with E-state index in [2.05, 4.69) is 27.8 Å². The molecule has 0 radical (unpaired) electrons. The number of unbranched alkanes of at least 4 members (excludes halogenated alkanes) is 9. The quantitative estimate of drug-likeness (QED) is 0.242. The molecule has 0 heterocycles. The number of hydrogen-bond acceptors (Lipinski definition) is 2. The Hall–Kier alpha value is -0.540. The predicted molar refractivity (Wildman–Crippen MR) is 116 cm³/mol. The molecule has 0 saturated carbocycles. The van der Waals surface area contributed by atoms with Crippen molar-refractivity contribution in [2.75, 3.05) is 32.6 Å². The van der Waals surface area contributed by atoms with Crippen LogP contribution in [0.3, 0.4) is 0 Å². The highest BCUT2D eigenvalue weighted by molar-refractivity contribution is 9.09. The lowest BCUT2D eigenvalue weighted by Crippen LogP contribution is -2.19. The van der Waals surface area contributed by atoms with E-state index in [4.69, 9.17) is 4.74 Å². The zero-order chi connectivity index (χ0) is 18.6. The summed E-state index contributed by atoms with van der Waals surface area (Å²) in [4.78, 5) is 2.10. The molecule has 0 fully saturated rings. The summed E-state index contributed by atoms with van der Waals surface area (Å²) >= 11 is 3.46. The summed E-state index contributed by atoms with van der Waals surface area (Å²) in [6.45, 7) is 3.98. The van der Waals surface area contributed by atoms with Crippen molar-refractivity contribution in [3.05, 3.63) is 30.3 Å². The molecule has 0 bridgehead atoms. The molecule has 1 aromatic carbocycles. The first-order chi connectivity index (χ1) is 12.2. The first kappa shape index (κ1) is 24.5. The van der Waals surface area contributed by atoms with Gasteiger partial charge in [-0.25, -0.2) is 0 Å². The Morgan fingerprint density at radius 3 is 1.80 bits per heavy atom. The van der Waals surface area contributed by atoms with Crippen LogP contribution in [0.15, 0.2) is 30.3 Å². The molecule has 0 aliphatic carbocycles. The lowest BCUT2D eigenvalue weighted by molar-refractivity contribution is 0.261. The summed E-state index contributed by atoms with van der Waals surface area (Å²) in [5.41, 5.74) is 0. The third-order valence-corrected chi connectivity index (χ3v) is 4.60.